The fourth-order valence-corrected chi connectivity index (χ4v) is 2.70. The van der Waals surface area contributed by atoms with Crippen molar-refractivity contribution >= 4 is 29.5 Å². The molecule has 1 fully saturated rings. The van der Waals surface area contributed by atoms with Crippen LogP contribution in [0.1, 0.15) is 20.8 Å². The van der Waals surface area contributed by atoms with Gasteiger partial charge in [-0.05, 0) is 27.0 Å². The molecule has 2 unspecified atom stereocenters. The summed E-state index contributed by atoms with van der Waals surface area (Å²) in [5, 5.41) is 0.353. The molecule has 1 aliphatic heterocycles. The number of likely N-dealkylation sites (tertiary alicyclic amines) is 1. The van der Waals surface area contributed by atoms with E-state index in [1.165, 1.54) is 0 Å². The second-order valence-corrected chi connectivity index (χ2v) is 6.31. The summed E-state index contributed by atoms with van der Waals surface area (Å²) >= 11 is 7.82. The fourth-order valence-electron chi connectivity index (χ4n) is 1.43. The third kappa shape index (κ3) is 3.76. The van der Waals surface area contributed by atoms with Crippen LogP contribution < -0.4 is 0 Å². The number of halogens is 1. The van der Waals surface area contributed by atoms with Crippen LogP contribution in [0.2, 0.25) is 0 Å². The van der Waals surface area contributed by atoms with E-state index in [4.69, 9.17) is 16.3 Å². The zero-order chi connectivity index (χ0) is 11.6. The van der Waals surface area contributed by atoms with Crippen LogP contribution >= 0.6 is 23.4 Å². The molecule has 1 rings (SSSR count). The Bertz CT molecular complexity index is 242. The number of nitrogens with zero attached hydrogens (tertiary/aromatic N) is 1. The molecule has 2 atom stereocenters. The standard InChI is InChI=1S/C10H18ClNO2S/c1-10(2,3)14-9(13)12-5-7(11)8(6-12)15-4/h7-8H,5-6H2,1-4H3. The molecule has 1 heterocycles. The van der Waals surface area contributed by atoms with Crippen LogP contribution in [0.15, 0.2) is 0 Å². The molecule has 3 nitrogen and oxygen atoms in total. The molecule has 0 saturated carbocycles. The molecule has 0 aromatic rings. The first-order valence-electron chi connectivity index (χ1n) is 4.98. The number of carbonyl (C=O) groups is 1. The molecule has 1 aliphatic rings. The minimum atomic E-state index is -0.434. The number of ether oxygens (including phenoxy) is 1. The summed E-state index contributed by atoms with van der Waals surface area (Å²) in [5.74, 6) is 0. The lowest BCUT2D eigenvalue weighted by atomic mass is 10.2. The molecule has 0 aromatic carbocycles. The van der Waals surface area contributed by atoms with E-state index in [0.29, 0.717) is 18.3 Å². The molecular formula is C10H18ClNO2S. The lowest BCUT2D eigenvalue weighted by molar-refractivity contribution is 0.0296. The normalized spacial score (nSPS) is 26.9. The molecule has 0 spiro atoms. The Balaban J connectivity index is 2.50. The van der Waals surface area contributed by atoms with Crippen molar-refractivity contribution in [1.29, 1.82) is 0 Å². The lowest BCUT2D eigenvalue weighted by Crippen LogP contribution is -2.35. The summed E-state index contributed by atoms with van der Waals surface area (Å²) in [5.41, 5.74) is -0.434. The molecule has 88 valence electrons. The van der Waals surface area contributed by atoms with E-state index >= 15 is 0 Å². The van der Waals surface area contributed by atoms with Crippen molar-refractivity contribution in [1.82, 2.24) is 4.90 Å². The highest BCUT2D eigenvalue weighted by molar-refractivity contribution is 7.99. The average Bonchev–Trinajstić information content (AvgIpc) is 2.43. The predicted molar refractivity (Wildman–Crippen MR) is 64.8 cm³/mol. The van der Waals surface area contributed by atoms with Crippen molar-refractivity contribution in [2.45, 2.75) is 37.0 Å². The maximum atomic E-state index is 11.7. The average molecular weight is 252 g/mol. The van der Waals surface area contributed by atoms with Gasteiger partial charge in [0.15, 0.2) is 0 Å². The quantitative estimate of drug-likeness (QED) is 0.671. The summed E-state index contributed by atoms with van der Waals surface area (Å²) in [6.07, 6.45) is 1.75. The summed E-state index contributed by atoms with van der Waals surface area (Å²) in [7, 11) is 0. The third-order valence-electron chi connectivity index (χ3n) is 2.15. The van der Waals surface area contributed by atoms with Gasteiger partial charge in [0.1, 0.15) is 5.60 Å². The first kappa shape index (κ1) is 13.0. The van der Waals surface area contributed by atoms with Crippen molar-refractivity contribution in [2.75, 3.05) is 19.3 Å². The molecular weight excluding hydrogens is 234 g/mol. The second-order valence-electron chi connectivity index (χ2n) is 4.68. The van der Waals surface area contributed by atoms with Gasteiger partial charge in [0.25, 0.3) is 0 Å². The summed E-state index contributed by atoms with van der Waals surface area (Å²) in [4.78, 5) is 13.4. The van der Waals surface area contributed by atoms with Crippen molar-refractivity contribution in [3.05, 3.63) is 0 Å². The van der Waals surface area contributed by atoms with Gasteiger partial charge in [0.05, 0.1) is 5.38 Å². The number of alkyl halides is 1. The van der Waals surface area contributed by atoms with Crippen LogP contribution in [0.3, 0.4) is 0 Å². The van der Waals surface area contributed by atoms with E-state index < -0.39 is 5.60 Å². The van der Waals surface area contributed by atoms with Gasteiger partial charge in [-0.2, -0.15) is 11.8 Å². The Kier molecular flexibility index (Phi) is 4.18. The Labute approximate surface area is 100 Å². The van der Waals surface area contributed by atoms with Gasteiger partial charge in [0.2, 0.25) is 0 Å². The van der Waals surface area contributed by atoms with Gasteiger partial charge in [-0.15, -0.1) is 11.6 Å². The third-order valence-corrected chi connectivity index (χ3v) is 3.83. The molecule has 0 aromatic heterocycles. The molecule has 0 bridgehead atoms. The molecule has 0 N–H and O–H groups in total. The number of hydrogen-bond acceptors (Lipinski definition) is 3. The van der Waals surface area contributed by atoms with Crippen molar-refractivity contribution < 1.29 is 9.53 Å². The Morgan fingerprint density at radius 1 is 1.47 bits per heavy atom. The van der Waals surface area contributed by atoms with Crippen LogP contribution in [-0.2, 0) is 4.74 Å². The Morgan fingerprint density at radius 2 is 2.07 bits per heavy atom. The van der Waals surface area contributed by atoms with E-state index in [-0.39, 0.29) is 11.5 Å². The van der Waals surface area contributed by atoms with Gasteiger partial charge in [-0.3, -0.25) is 0 Å². The van der Waals surface area contributed by atoms with Crippen molar-refractivity contribution in [2.24, 2.45) is 0 Å². The van der Waals surface area contributed by atoms with Gasteiger partial charge in [-0.25, -0.2) is 4.79 Å². The van der Waals surface area contributed by atoms with Gasteiger partial charge in [0, 0.05) is 18.3 Å². The maximum absolute atomic E-state index is 11.7. The van der Waals surface area contributed by atoms with E-state index in [9.17, 15) is 4.79 Å². The number of carbonyl (C=O) groups excluding carboxylic acids is 1. The first-order chi connectivity index (χ1) is 6.83. The van der Waals surface area contributed by atoms with E-state index in [1.54, 1.807) is 16.7 Å². The number of thioether (sulfide) groups is 1. The zero-order valence-electron chi connectivity index (χ0n) is 9.62. The van der Waals surface area contributed by atoms with Crippen LogP contribution in [0.5, 0.6) is 0 Å². The minimum Gasteiger partial charge on any atom is -0.444 e. The van der Waals surface area contributed by atoms with Crippen LogP contribution in [0, 0.1) is 0 Å². The van der Waals surface area contributed by atoms with Crippen LogP contribution in [0.25, 0.3) is 0 Å². The smallest absolute Gasteiger partial charge is 0.410 e. The van der Waals surface area contributed by atoms with E-state index in [1.807, 2.05) is 27.0 Å². The highest BCUT2D eigenvalue weighted by Crippen LogP contribution is 2.26. The summed E-state index contributed by atoms with van der Waals surface area (Å²) in [6.45, 7) is 6.87. The number of hydrogen-bond donors (Lipinski definition) is 0. The van der Waals surface area contributed by atoms with Crippen molar-refractivity contribution in [3.8, 4) is 0 Å². The van der Waals surface area contributed by atoms with Gasteiger partial charge in [-0.1, -0.05) is 0 Å². The number of amides is 1. The van der Waals surface area contributed by atoms with Gasteiger partial charge >= 0.3 is 6.09 Å². The summed E-state index contributed by atoms with van der Waals surface area (Å²) < 4.78 is 5.28. The Hall–Kier alpha value is -0.0900. The molecule has 15 heavy (non-hydrogen) atoms. The van der Waals surface area contributed by atoms with Gasteiger partial charge < -0.3 is 9.64 Å². The van der Waals surface area contributed by atoms with Crippen molar-refractivity contribution in [3.63, 3.8) is 0 Å². The zero-order valence-corrected chi connectivity index (χ0v) is 11.2. The molecule has 5 heteroatoms. The highest BCUT2D eigenvalue weighted by Gasteiger charge is 2.35. The maximum Gasteiger partial charge on any atom is 0.410 e. The highest BCUT2D eigenvalue weighted by atomic mass is 35.5. The molecule has 0 aliphatic carbocycles. The van der Waals surface area contributed by atoms with E-state index in [0.717, 1.165) is 0 Å². The molecule has 1 saturated heterocycles. The second kappa shape index (κ2) is 4.83. The largest absolute Gasteiger partial charge is 0.444 e. The topological polar surface area (TPSA) is 29.5 Å². The van der Waals surface area contributed by atoms with Crippen LogP contribution in [0.4, 0.5) is 4.79 Å². The molecule has 0 radical (unpaired) electrons. The SMILES string of the molecule is CSC1CN(C(=O)OC(C)(C)C)CC1Cl. The molecule has 1 amide bonds. The van der Waals surface area contributed by atoms with Crippen LogP contribution in [-0.4, -0.2) is 46.6 Å². The number of rotatable bonds is 1. The lowest BCUT2D eigenvalue weighted by Gasteiger charge is -2.24. The summed E-state index contributed by atoms with van der Waals surface area (Å²) in [6, 6.07) is 0. The minimum absolute atomic E-state index is 0.0347. The predicted octanol–water partition coefficient (Wildman–Crippen LogP) is 2.58. The first-order valence-corrected chi connectivity index (χ1v) is 6.70. The monoisotopic (exact) mass is 251 g/mol. The Morgan fingerprint density at radius 3 is 2.47 bits per heavy atom. The fraction of sp³-hybridized carbons (Fsp3) is 0.900. The van der Waals surface area contributed by atoms with E-state index in [2.05, 4.69) is 0 Å².